The van der Waals surface area contributed by atoms with Crippen LogP contribution in [0.3, 0.4) is 0 Å². The van der Waals surface area contributed by atoms with Gasteiger partial charge in [-0.3, -0.25) is 0 Å². The molecule has 0 radical (unpaired) electrons. The minimum atomic E-state index is 0.186. The molecule has 6 aromatic carbocycles. The Morgan fingerprint density at radius 2 is 0.667 bits per heavy atom. The predicted octanol–water partition coefficient (Wildman–Crippen LogP) is 16.7. The lowest BCUT2D eigenvalue weighted by atomic mass is 9.78. The van der Waals surface area contributed by atoms with Crippen LogP contribution in [0, 0.1) is 0 Å². The Morgan fingerprint density at radius 3 is 0.926 bits per heavy atom. The molecule has 0 bridgehead atoms. The number of hydrogen-bond acceptors (Lipinski definition) is 2. The highest BCUT2D eigenvalue weighted by atomic mass is 79.9. The molecule has 0 spiro atoms. The van der Waals surface area contributed by atoms with Gasteiger partial charge >= 0.3 is 0 Å². The molecule has 0 aliphatic carbocycles. The van der Waals surface area contributed by atoms with Gasteiger partial charge in [-0.25, -0.2) is 0 Å². The molecule has 0 heterocycles. The Labute approximate surface area is 340 Å². The van der Waals surface area contributed by atoms with Crippen LogP contribution in [0.2, 0.25) is 0 Å². The summed E-state index contributed by atoms with van der Waals surface area (Å²) in [5, 5.41) is 29.8. The third-order valence-corrected chi connectivity index (χ3v) is 12.2. The maximum atomic E-state index is 13.0. The second-order valence-corrected chi connectivity index (χ2v) is 18.9. The number of hydrogen-bond donors (Lipinski definition) is 2. The maximum absolute atomic E-state index is 13.0. The second-order valence-electron chi connectivity index (χ2n) is 17.1. The molecule has 0 aromatic heterocycles. The van der Waals surface area contributed by atoms with Crippen LogP contribution in [0.1, 0.15) is 152 Å². The molecule has 6 rings (SSSR count). The fourth-order valence-corrected chi connectivity index (χ4v) is 8.91. The van der Waals surface area contributed by atoms with E-state index in [9.17, 15) is 10.2 Å². The number of rotatable bonds is 9. The van der Waals surface area contributed by atoms with Gasteiger partial charge in [-0.1, -0.05) is 151 Å². The normalized spacial score (nSPS) is 12.3. The predicted molar refractivity (Wildman–Crippen MR) is 241 cm³/mol. The van der Waals surface area contributed by atoms with E-state index in [0.717, 1.165) is 52.7 Å². The molecule has 282 valence electrons. The maximum Gasteiger partial charge on any atom is 0.132 e. The molecule has 6 aromatic rings. The summed E-state index contributed by atoms with van der Waals surface area (Å²) < 4.78 is 1.92. The lowest BCUT2D eigenvalue weighted by Gasteiger charge is -2.27. The molecule has 0 fully saturated rings. The van der Waals surface area contributed by atoms with Crippen molar-refractivity contribution in [1.82, 2.24) is 0 Å². The van der Waals surface area contributed by atoms with Crippen LogP contribution in [-0.4, -0.2) is 10.2 Å². The van der Waals surface area contributed by atoms with Crippen molar-refractivity contribution in [3.8, 4) is 44.9 Å². The molecule has 0 aliphatic rings. The van der Waals surface area contributed by atoms with Crippen LogP contribution < -0.4 is 0 Å². The van der Waals surface area contributed by atoms with E-state index >= 15 is 0 Å². The van der Waals surface area contributed by atoms with Gasteiger partial charge in [0.25, 0.3) is 0 Å². The Bertz CT molecular complexity index is 2170. The monoisotopic (exact) mass is 846 g/mol. The molecule has 0 amide bonds. The standard InChI is InChI=1S/C50H56Br2O2/c1-25(2)31-19-39(27(5)6)45(40(20-31)28(7)8)43-23-33-17-35(51)13-15-37(33)47(49(43)53)48-38-16-14-36(52)18-34(38)24-44(50(48)54)46-41(29(9)10)21-32(26(3)4)22-42(46)30(11)12/h13-30,53-54H,1-12H3. The molecule has 0 saturated carbocycles. The Kier molecular flexibility index (Phi) is 11.5. The van der Waals surface area contributed by atoms with Gasteiger partial charge in [-0.15, -0.1) is 0 Å². The first-order valence-corrected chi connectivity index (χ1v) is 21.3. The van der Waals surface area contributed by atoms with E-state index in [1.54, 1.807) is 0 Å². The first-order valence-electron chi connectivity index (χ1n) is 19.7. The van der Waals surface area contributed by atoms with Crippen LogP contribution in [0.25, 0.3) is 54.9 Å². The van der Waals surface area contributed by atoms with Gasteiger partial charge < -0.3 is 10.2 Å². The minimum Gasteiger partial charge on any atom is -0.507 e. The molecule has 2 nitrogen and oxygen atoms in total. The van der Waals surface area contributed by atoms with Crippen molar-refractivity contribution in [1.29, 1.82) is 0 Å². The quantitative estimate of drug-likeness (QED) is 0.152. The van der Waals surface area contributed by atoms with Crippen molar-refractivity contribution < 1.29 is 10.2 Å². The van der Waals surface area contributed by atoms with Gasteiger partial charge in [-0.2, -0.15) is 0 Å². The lowest BCUT2D eigenvalue weighted by Crippen LogP contribution is -2.05. The van der Waals surface area contributed by atoms with E-state index in [1.807, 2.05) is 12.1 Å². The Hall–Kier alpha value is -3.60. The van der Waals surface area contributed by atoms with E-state index in [-0.39, 0.29) is 35.2 Å². The fraction of sp³-hybridized carbons (Fsp3) is 0.360. The van der Waals surface area contributed by atoms with Crippen LogP contribution in [-0.2, 0) is 0 Å². The summed E-state index contributed by atoms with van der Waals surface area (Å²) in [7, 11) is 0. The third kappa shape index (κ3) is 7.26. The number of fused-ring (bicyclic) bond motifs is 2. The first-order chi connectivity index (χ1) is 25.4. The molecule has 0 aliphatic heterocycles. The largest absolute Gasteiger partial charge is 0.507 e. The van der Waals surface area contributed by atoms with Gasteiger partial charge in [0.05, 0.1) is 0 Å². The zero-order valence-electron chi connectivity index (χ0n) is 34.0. The van der Waals surface area contributed by atoms with Crippen molar-refractivity contribution >= 4 is 53.4 Å². The highest BCUT2D eigenvalue weighted by Gasteiger charge is 2.29. The van der Waals surface area contributed by atoms with E-state index in [4.69, 9.17) is 0 Å². The highest BCUT2D eigenvalue weighted by Crippen LogP contribution is 2.55. The average Bonchev–Trinajstić information content (AvgIpc) is 3.10. The van der Waals surface area contributed by atoms with Crippen LogP contribution >= 0.6 is 31.9 Å². The zero-order chi connectivity index (χ0) is 39.5. The highest BCUT2D eigenvalue weighted by molar-refractivity contribution is 9.10. The molecule has 4 heteroatoms. The van der Waals surface area contributed by atoms with Crippen molar-refractivity contribution in [2.75, 3.05) is 0 Å². The fourth-order valence-electron chi connectivity index (χ4n) is 8.15. The lowest BCUT2D eigenvalue weighted by molar-refractivity contribution is 0.472. The van der Waals surface area contributed by atoms with Gasteiger partial charge in [0.2, 0.25) is 0 Å². The number of halogens is 2. The van der Waals surface area contributed by atoms with Crippen molar-refractivity contribution in [2.45, 2.75) is 119 Å². The SMILES string of the molecule is CC(C)c1cc(C(C)C)c(-c2cc3cc(Br)ccc3c(-c3c(O)c(-c4c(C(C)C)cc(C(C)C)cc4C(C)C)cc4cc(Br)ccc34)c2O)c(C(C)C)c1. The molecule has 2 N–H and O–H groups in total. The van der Waals surface area contributed by atoms with Gasteiger partial charge in [0.1, 0.15) is 11.5 Å². The Morgan fingerprint density at radius 1 is 0.370 bits per heavy atom. The van der Waals surface area contributed by atoms with Gasteiger partial charge in [0, 0.05) is 31.2 Å². The summed E-state index contributed by atoms with van der Waals surface area (Å²) in [6.45, 7) is 26.9. The molecule has 0 saturated heterocycles. The summed E-state index contributed by atoms with van der Waals surface area (Å²) >= 11 is 7.52. The van der Waals surface area contributed by atoms with Gasteiger partial charge in [0.15, 0.2) is 0 Å². The number of phenolic OH excluding ortho intramolecular Hbond substituents is 2. The minimum absolute atomic E-state index is 0.186. The summed E-state index contributed by atoms with van der Waals surface area (Å²) in [5.41, 5.74) is 12.6. The molecular weight excluding hydrogens is 792 g/mol. The van der Waals surface area contributed by atoms with E-state index in [0.29, 0.717) is 23.0 Å². The van der Waals surface area contributed by atoms with Crippen molar-refractivity contribution in [2.24, 2.45) is 0 Å². The van der Waals surface area contributed by atoms with E-state index in [1.165, 1.54) is 33.4 Å². The number of benzene rings is 6. The first kappa shape index (κ1) is 40.1. The van der Waals surface area contributed by atoms with E-state index < -0.39 is 0 Å². The van der Waals surface area contributed by atoms with Crippen LogP contribution in [0.15, 0.2) is 81.7 Å². The molecule has 54 heavy (non-hydrogen) atoms. The molecule has 0 atom stereocenters. The average molecular weight is 849 g/mol. The van der Waals surface area contributed by atoms with E-state index in [2.05, 4.69) is 176 Å². The zero-order valence-corrected chi connectivity index (χ0v) is 37.2. The molecular formula is C50H56Br2O2. The van der Waals surface area contributed by atoms with Crippen molar-refractivity contribution in [3.05, 3.63) is 115 Å². The number of aromatic hydroxyl groups is 2. The topological polar surface area (TPSA) is 40.5 Å². The number of phenols is 2. The summed E-state index contributed by atoms with van der Waals surface area (Å²) in [6, 6.07) is 26.1. The van der Waals surface area contributed by atoms with Crippen molar-refractivity contribution in [3.63, 3.8) is 0 Å². The van der Waals surface area contributed by atoms with Gasteiger partial charge in [-0.05, 0) is 138 Å². The summed E-state index contributed by atoms with van der Waals surface area (Å²) in [4.78, 5) is 0. The summed E-state index contributed by atoms with van der Waals surface area (Å²) in [6.07, 6.45) is 0. The van der Waals surface area contributed by atoms with Crippen LogP contribution in [0.5, 0.6) is 11.5 Å². The second kappa shape index (κ2) is 15.5. The smallest absolute Gasteiger partial charge is 0.132 e. The third-order valence-electron chi connectivity index (χ3n) is 11.2. The summed E-state index contributed by atoms with van der Waals surface area (Å²) in [5.74, 6) is 2.02. The Balaban J connectivity index is 1.85. The van der Waals surface area contributed by atoms with Crippen LogP contribution in [0.4, 0.5) is 0 Å². The molecule has 0 unspecified atom stereocenters.